The summed E-state index contributed by atoms with van der Waals surface area (Å²) in [5.74, 6) is -0.364. The zero-order valence-corrected chi connectivity index (χ0v) is 7.82. The quantitative estimate of drug-likeness (QED) is 0.434. The zero-order chi connectivity index (χ0) is 10.4. The first-order valence-electron chi connectivity index (χ1n) is 4.17. The number of nitrogens with one attached hydrogen (secondary N) is 1. The van der Waals surface area contributed by atoms with Gasteiger partial charge in [-0.15, -0.1) is 0 Å². The van der Waals surface area contributed by atoms with Gasteiger partial charge in [0.15, 0.2) is 6.19 Å². The molecule has 14 heavy (non-hydrogen) atoms. The van der Waals surface area contributed by atoms with Crippen LogP contribution in [0.25, 0.3) is 6.08 Å². The molecule has 0 aliphatic rings. The first kappa shape index (κ1) is 10.0. The highest BCUT2D eigenvalue weighted by atomic mass is 16.1. The average Bonchev–Trinajstić information content (AvgIpc) is 2.19. The number of benzene rings is 1. The van der Waals surface area contributed by atoms with E-state index in [4.69, 9.17) is 5.26 Å². The van der Waals surface area contributed by atoms with E-state index in [2.05, 4.69) is 5.32 Å². The minimum Gasteiger partial charge on any atom is -0.269 e. The predicted octanol–water partition coefficient (Wildman–Crippen LogP) is 1.69. The molecule has 0 atom stereocenters. The van der Waals surface area contributed by atoms with Gasteiger partial charge in [-0.25, -0.2) is 0 Å². The molecule has 0 fully saturated rings. The maximum absolute atomic E-state index is 11.1. The molecule has 0 radical (unpaired) electrons. The number of nitriles is 1. The van der Waals surface area contributed by atoms with Crippen LogP contribution in [0.2, 0.25) is 0 Å². The Morgan fingerprint density at radius 2 is 2.07 bits per heavy atom. The number of rotatable bonds is 2. The van der Waals surface area contributed by atoms with Crippen molar-refractivity contribution in [2.45, 2.75) is 6.92 Å². The Balaban J connectivity index is 2.80. The molecule has 1 aromatic rings. The van der Waals surface area contributed by atoms with Gasteiger partial charge >= 0.3 is 0 Å². The predicted molar refractivity (Wildman–Crippen MR) is 53.8 cm³/mol. The van der Waals surface area contributed by atoms with E-state index in [1.165, 1.54) is 0 Å². The average molecular weight is 186 g/mol. The first-order valence-corrected chi connectivity index (χ1v) is 4.17. The second-order valence-electron chi connectivity index (χ2n) is 2.80. The van der Waals surface area contributed by atoms with E-state index in [0.717, 1.165) is 5.56 Å². The zero-order valence-electron chi connectivity index (χ0n) is 7.82. The summed E-state index contributed by atoms with van der Waals surface area (Å²) < 4.78 is 0. The highest BCUT2D eigenvalue weighted by Crippen LogP contribution is 2.05. The minimum absolute atomic E-state index is 0.364. The number of carbonyl (C=O) groups is 1. The Morgan fingerprint density at radius 3 is 2.64 bits per heavy atom. The van der Waals surface area contributed by atoms with Gasteiger partial charge in [-0.1, -0.05) is 30.3 Å². The molecule has 0 saturated heterocycles. The lowest BCUT2D eigenvalue weighted by atomic mass is 10.1. The summed E-state index contributed by atoms with van der Waals surface area (Å²) in [5.41, 5.74) is 1.45. The highest BCUT2D eigenvalue weighted by Gasteiger charge is 2.01. The van der Waals surface area contributed by atoms with E-state index in [1.54, 1.807) is 19.2 Å². The van der Waals surface area contributed by atoms with E-state index >= 15 is 0 Å². The summed E-state index contributed by atoms with van der Waals surface area (Å²) in [6, 6.07) is 9.47. The lowest BCUT2D eigenvalue weighted by Gasteiger charge is -1.97. The SMILES string of the molecule is CC(=Cc1ccccc1)C(=O)NC#N. The normalized spacial score (nSPS) is 10.4. The van der Waals surface area contributed by atoms with Crippen molar-refractivity contribution < 1.29 is 4.79 Å². The minimum atomic E-state index is -0.364. The van der Waals surface area contributed by atoms with Crippen LogP contribution in [-0.4, -0.2) is 5.91 Å². The molecule has 0 saturated carbocycles. The molecule has 0 spiro atoms. The van der Waals surface area contributed by atoms with Crippen molar-refractivity contribution >= 4 is 12.0 Å². The van der Waals surface area contributed by atoms with Gasteiger partial charge < -0.3 is 0 Å². The number of hydrogen-bond donors (Lipinski definition) is 1. The summed E-state index contributed by atoms with van der Waals surface area (Å²) >= 11 is 0. The number of nitrogens with zero attached hydrogens (tertiary/aromatic N) is 1. The van der Waals surface area contributed by atoms with Crippen LogP contribution >= 0.6 is 0 Å². The van der Waals surface area contributed by atoms with Crippen LogP contribution in [0.1, 0.15) is 12.5 Å². The van der Waals surface area contributed by atoms with Crippen LogP contribution in [0.3, 0.4) is 0 Å². The van der Waals surface area contributed by atoms with E-state index in [-0.39, 0.29) is 5.91 Å². The maximum Gasteiger partial charge on any atom is 0.259 e. The van der Waals surface area contributed by atoms with Crippen LogP contribution in [0, 0.1) is 11.5 Å². The smallest absolute Gasteiger partial charge is 0.259 e. The topological polar surface area (TPSA) is 52.9 Å². The van der Waals surface area contributed by atoms with E-state index in [1.807, 2.05) is 30.3 Å². The number of amides is 1. The van der Waals surface area contributed by atoms with Crippen molar-refractivity contribution in [1.82, 2.24) is 5.32 Å². The molecule has 3 nitrogen and oxygen atoms in total. The van der Waals surface area contributed by atoms with E-state index < -0.39 is 0 Å². The summed E-state index contributed by atoms with van der Waals surface area (Å²) in [5, 5.41) is 10.3. The Bertz CT molecular complexity index is 387. The Morgan fingerprint density at radius 1 is 1.43 bits per heavy atom. The Labute approximate surface area is 82.7 Å². The molecule has 1 amide bonds. The fourth-order valence-electron chi connectivity index (χ4n) is 1.01. The van der Waals surface area contributed by atoms with Gasteiger partial charge in [0.1, 0.15) is 0 Å². The third-order valence-corrected chi connectivity index (χ3v) is 1.71. The summed E-state index contributed by atoms with van der Waals surface area (Å²) in [6.07, 6.45) is 3.32. The Hall–Kier alpha value is -2.08. The molecule has 1 N–H and O–H groups in total. The second kappa shape index (κ2) is 4.83. The van der Waals surface area contributed by atoms with Crippen molar-refractivity contribution in [3.63, 3.8) is 0 Å². The van der Waals surface area contributed by atoms with E-state index in [9.17, 15) is 4.79 Å². The van der Waals surface area contributed by atoms with Crippen molar-refractivity contribution in [2.75, 3.05) is 0 Å². The third kappa shape index (κ3) is 2.76. The molecule has 0 heterocycles. The maximum atomic E-state index is 11.1. The monoisotopic (exact) mass is 186 g/mol. The summed E-state index contributed by atoms with van der Waals surface area (Å²) in [4.78, 5) is 11.1. The molecule has 1 rings (SSSR count). The first-order chi connectivity index (χ1) is 6.74. The third-order valence-electron chi connectivity index (χ3n) is 1.71. The highest BCUT2D eigenvalue weighted by molar-refractivity contribution is 5.97. The van der Waals surface area contributed by atoms with Gasteiger partial charge in [0.25, 0.3) is 5.91 Å². The van der Waals surface area contributed by atoms with Crippen LogP contribution in [0.4, 0.5) is 0 Å². The van der Waals surface area contributed by atoms with Crippen LogP contribution in [0.5, 0.6) is 0 Å². The van der Waals surface area contributed by atoms with Crippen molar-refractivity contribution in [1.29, 1.82) is 5.26 Å². The second-order valence-corrected chi connectivity index (χ2v) is 2.80. The molecule has 0 aliphatic heterocycles. The van der Waals surface area contributed by atoms with Crippen molar-refractivity contribution in [3.8, 4) is 6.19 Å². The van der Waals surface area contributed by atoms with Gasteiger partial charge in [0.05, 0.1) is 0 Å². The number of carbonyl (C=O) groups excluding carboxylic acids is 1. The fourth-order valence-corrected chi connectivity index (χ4v) is 1.01. The summed E-state index contributed by atoms with van der Waals surface area (Å²) in [7, 11) is 0. The largest absolute Gasteiger partial charge is 0.269 e. The van der Waals surface area contributed by atoms with Gasteiger partial charge in [0.2, 0.25) is 0 Å². The molecule has 70 valence electrons. The molecule has 0 bridgehead atoms. The molecule has 0 aliphatic carbocycles. The fraction of sp³-hybridized carbons (Fsp3) is 0.0909. The van der Waals surface area contributed by atoms with Gasteiger partial charge in [-0.2, -0.15) is 5.26 Å². The van der Waals surface area contributed by atoms with E-state index in [0.29, 0.717) is 5.57 Å². The van der Waals surface area contributed by atoms with Crippen LogP contribution in [-0.2, 0) is 4.79 Å². The lowest BCUT2D eigenvalue weighted by Crippen LogP contribution is -2.17. The molecular formula is C11H10N2O. The standard InChI is InChI=1S/C11H10N2O/c1-9(11(14)13-8-12)7-10-5-3-2-4-6-10/h2-7H,1H3,(H,13,14). The van der Waals surface area contributed by atoms with Gasteiger partial charge in [-0.05, 0) is 18.6 Å². The molecule has 3 heteroatoms. The molecular weight excluding hydrogens is 176 g/mol. The Kier molecular flexibility index (Phi) is 3.45. The van der Waals surface area contributed by atoms with Crippen molar-refractivity contribution in [3.05, 3.63) is 41.5 Å². The molecule has 0 aromatic heterocycles. The van der Waals surface area contributed by atoms with Crippen LogP contribution in [0.15, 0.2) is 35.9 Å². The summed E-state index contributed by atoms with van der Waals surface area (Å²) in [6.45, 7) is 1.67. The van der Waals surface area contributed by atoms with Crippen molar-refractivity contribution in [2.24, 2.45) is 0 Å². The van der Waals surface area contributed by atoms with Crippen LogP contribution < -0.4 is 5.32 Å². The van der Waals surface area contributed by atoms with Gasteiger partial charge in [-0.3, -0.25) is 10.1 Å². The molecule has 1 aromatic carbocycles. The lowest BCUT2D eigenvalue weighted by molar-refractivity contribution is -0.116. The number of hydrogen-bond acceptors (Lipinski definition) is 2. The van der Waals surface area contributed by atoms with Gasteiger partial charge in [0, 0.05) is 5.57 Å². The molecule has 0 unspecified atom stereocenters.